The third-order valence-electron chi connectivity index (χ3n) is 11.8. The van der Waals surface area contributed by atoms with Crippen molar-refractivity contribution in [1.82, 2.24) is 0 Å². The highest BCUT2D eigenvalue weighted by atomic mass is 16.5. The summed E-state index contributed by atoms with van der Waals surface area (Å²) in [6.07, 6.45) is 12.4. The van der Waals surface area contributed by atoms with E-state index in [1.807, 2.05) is 0 Å². The van der Waals surface area contributed by atoms with Gasteiger partial charge in [-0.2, -0.15) is 0 Å². The molecule has 5 fully saturated rings. The average molecular weight is 477 g/mol. The molecule has 0 radical (unpaired) electrons. The molecule has 192 valence electrons. The Morgan fingerprint density at radius 2 is 1.50 bits per heavy atom. The molecule has 0 spiro atoms. The number of fused-ring (bicyclic) bond motifs is 7. The van der Waals surface area contributed by atoms with Gasteiger partial charge in [0.15, 0.2) is 0 Å². The van der Waals surface area contributed by atoms with Gasteiger partial charge in [0.25, 0.3) is 6.47 Å². The Morgan fingerprint density at radius 1 is 0.882 bits per heavy atom. The zero-order valence-corrected chi connectivity index (χ0v) is 21.4. The molecule has 0 bridgehead atoms. The number of hydrogen-bond acceptors (Lipinski definition) is 4. The van der Waals surface area contributed by atoms with Crippen LogP contribution in [0.25, 0.3) is 0 Å². The monoisotopic (exact) mass is 476 g/mol. The lowest BCUT2D eigenvalue weighted by Crippen LogP contribution is -2.61. The lowest BCUT2D eigenvalue weighted by atomic mass is 9.37. The van der Waals surface area contributed by atoms with E-state index < -0.39 is 11.4 Å². The first kappa shape index (κ1) is 25.5. The zero-order chi connectivity index (χ0) is 24.9. The number of carboxylic acids is 1. The van der Waals surface area contributed by atoms with Gasteiger partial charge in [-0.05, 0) is 111 Å². The van der Waals surface area contributed by atoms with E-state index in [4.69, 9.17) is 14.6 Å². The van der Waals surface area contributed by atoms with Crippen LogP contribution >= 0.6 is 0 Å². The Kier molecular flexibility index (Phi) is 6.85. The maximum absolute atomic E-state index is 12.3. The Balaban J connectivity index is 0.000000868. The number of carboxylic acid groups (broad SMARTS) is 2. The van der Waals surface area contributed by atoms with Gasteiger partial charge in [0.2, 0.25) is 0 Å². The van der Waals surface area contributed by atoms with Crippen molar-refractivity contribution in [2.24, 2.45) is 51.8 Å². The van der Waals surface area contributed by atoms with Crippen LogP contribution in [0, 0.1) is 51.8 Å². The van der Waals surface area contributed by atoms with E-state index in [0.29, 0.717) is 40.4 Å². The minimum absolute atomic E-state index is 0.0839. The maximum Gasteiger partial charge on any atom is 0.309 e. The molecule has 0 amide bonds. The molecule has 5 aliphatic rings. The van der Waals surface area contributed by atoms with Gasteiger partial charge in [0.05, 0.1) is 5.41 Å². The fourth-order valence-electron chi connectivity index (χ4n) is 10.6. The van der Waals surface area contributed by atoms with Crippen LogP contribution in [-0.4, -0.2) is 34.7 Å². The Morgan fingerprint density at radius 3 is 2.15 bits per heavy atom. The summed E-state index contributed by atoms with van der Waals surface area (Å²) in [5, 5.41) is 17.1. The second kappa shape index (κ2) is 9.13. The topological polar surface area (TPSA) is 101 Å². The second-order valence-electron chi connectivity index (χ2n) is 12.7. The van der Waals surface area contributed by atoms with Crippen molar-refractivity contribution >= 4 is 18.4 Å². The SMILES string of the molecule is CC(=O)OC1CCC2(C)C(CCC3(C)C4CCC5(C(=O)O)CCCC5C4CCC23)C1C.O=CO. The van der Waals surface area contributed by atoms with Gasteiger partial charge in [0, 0.05) is 6.92 Å². The number of hydrogen-bond donors (Lipinski definition) is 2. The lowest BCUT2D eigenvalue weighted by Gasteiger charge is -2.67. The largest absolute Gasteiger partial charge is 0.483 e. The van der Waals surface area contributed by atoms with Crippen molar-refractivity contribution in [2.45, 2.75) is 104 Å². The van der Waals surface area contributed by atoms with E-state index in [9.17, 15) is 14.7 Å². The molecule has 5 saturated carbocycles. The van der Waals surface area contributed by atoms with E-state index in [1.165, 1.54) is 32.1 Å². The summed E-state index contributed by atoms with van der Waals surface area (Å²) >= 11 is 0. The molecule has 0 heterocycles. The molecule has 5 rings (SSSR count). The minimum atomic E-state index is -0.506. The number of carbonyl (C=O) groups excluding carboxylic acids is 1. The molecular weight excluding hydrogens is 432 g/mol. The molecule has 0 aromatic rings. The predicted molar refractivity (Wildman–Crippen MR) is 128 cm³/mol. The first-order valence-electron chi connectivity index (χ1n) is 13.5. The van der Waals surface area contributed by atoms with Crippen LogP contribution in [-0.2, 0) is 19.1 Å². The molecule has 0 aromatic heterocycles. The molecule has 0 aliphatic heterocycles. The van der Waals surface area contributed by atoms with Gasteiger partial charge < -0.3 is 14.9 Å². The average Bonchev–Trinajstić information content (AvgIpc) is 3.22. The molecule has 6 heteroatoms. The van der Waals surface area contributed by atoms with E-state index in [-0.39, 0.29) is 18.5 Å². The van der Waals surface area contributed by atoms with Crippen molar-refractivity contribution in [2.75, 3.05) is 0 Å². The van der Waals surface area contributed by atoms with Gasteiger partial charge in [-0.3, -0.25) is 14.4 Å². The van der Waals surface area contributed by atoms with Crippen LogP contribution in [0.5, 0.6) is 0 Å². The summed E-state index contributed by atoms with van der Waals surface area (Å²) < 4.78 is 5.73. The Bertz CT molecular complexity index is 811. The number of rotatable bonds is 2. The van der Waals surface area contributed by atoms with Crippen LogP contribution in [0.15, 0.2) is 0 Å². The van der Waals surface area contributed by atoms with Gasteiger partial charge in [-0.1, -0.05) is 27.2 Å². The quantitative estimate of drug-likeness (QED) is 0.387. The fourth-order valence-corrected chi connectivity index (χ4v) is 10.6. The Labute approximate surface area is 204 Å². The summed E-state index contributed by atoms with van der Waals surface area (Å²) in [4.78, 5) is 32.3. The van der Waals surface area contributed by atoms with Gasteiger partial charge in [-0.15, -0.1) is 0 Å². The van der Waals surface area contributed by atoms with E-state index >= 15 is 0 Å². The van der Waals surface area contributed by atoms with Crippen LogP contribution in [0.2, 0.25) is 0 Å². The van der Waals surface area contributed by atoms with E-state index in [1.54, 1.807) is 6.92 Å². The highest BCUT2D eigenvalue weighted by molar-refractivity contribution is 5.75. The number of carbonyl (C=O) groups is 3. The van der Waals surface area contributed by atoms with E-state index in [2.05, 4.69) is 20.8 Å². The summed E-state index contributed by atoms with van der Waals surface area (Å²) in [5.41, 5.74) is 0.253. The Hall–Kier alpha value is -1.59. The number of esters is 1. The summed E-state index contributed by atoms with van der Waals surface area (Å²) in [6.45, 7) is 8.76. The maximum atomic E-state index is 12.3. The molecule has 0 aromatic carbocycles. The van der Waals surface area contributed by atoms with Gasteiger partial charge in [-0.25, -0.2) is 0 Å². The summed E-state index contributed by atoms with van der Waals surface area (Å²) in [5.74, 6) is 2.87. The minimum Gasteiger partial charge on any atom is -0.483 e. The van der Waals surface area contributed by atoms with Crippen LogP contribution < -0.4 is 0 Å². The van der Waals surface area contributed by atoms with Gasteiger partial charge >= 0.3 is 11.9 Å². The summed E-state index contributed by atoms with van der Waals surface area (Å²) in [7, 11) is 0. The smallest absolute Gasteiger partial charge is 0.309 e. The lowest BCUT2D eigenvalue weighted by molar-refractivity contribution is -0.204. The first-order valence-corrected chi connectivity index (χ1v) is 13.5. The van der Waals surface area contributed by atoms with E-state index in [0.717, 1.165) is 44.4 Å². The van der Waals surface area contributed by atoms with Crippen LogP contribution in [0.1, 0.15) is 98.3 Å². The predicted octanol–water partition coefficient (Wildman–Crippen LogP) is 5.78. The highest BCUT2D eigenvalue weighted by Gasteiger charge is 2.66. The molecule has 2 N–H and O–H groups in total. The van der Waals surface area contributed by atoms with Crippen molar-refractivity contribution < 1.29 is 29.3 Å². The van der Waals surface area contributed by atoms with Crippen molar-refractivity contribution in [3.05, 3.63) is 0 Å². The molecular formula is C28H44O6. The van der Waals surface area contributed by atoms with Crippen LogP contribution in [0.4, 0.5) is 0 Å². The molecule has 10 unspecified atom stereocenters. The second-order valence-corrected chi connectivity index (χ2v) is 12.7. The fraction of sp³-hybridized carbons (Fsp3) is 0.893. The molecule has 0 saturated heterocycles. The third kappa shape index (κ3) is 3.69. The first-order chi connectivity index (χ1) is 16.0. The molecule has 5 aliphatic carbocycles. The molecule has 6 nitrogen and oxygen atoms in total. The molecule has 10 atom stereocenters. The zero-order valence-electron chi connectivity index (χ0n) is 21.4. The molecule has 34 heavy (non-hydrogen) atoms. The summed E-state index contributed by atoms with van der Waals surface area (Å²) in [6, 6.07) is 0. The highest BCUT2D eigenvalue weighted by Crippen LogP contribution is 2.71. The number of ether oxygens (including phenoxy) is 1. The third-order valence-corrected chi connectivity index (χ3v) is 11.8. The standard InChI is InChI=1S/C27H42O4.CH2O2/c1-16-19-9-13-26(4)20-10-15-27(24(29)30)12-5-6-21(27)18(20)7-8-23(26)25(19,3)14-11-22(16)31-17(2)28;2-1-3/h16,18-23H,5-15H2,1-4H3,(H,29,30);1H,(H,2,3). The van der Waals surface area contributed by atoms with Crippen molar-refractivity contribution in [3.8, 4) is 0 Å². The van der Waals surface area contributed by atoms with Gasteiger partial charge in [0.1, 0.15) is 6.10 Å². The van der Waals surface area contributed by atoms with Crippen molar-refractivity contribution in [3.63, 3.8) is 0 Å². The van der Waals surface area contributed by atoms with Crippen molar-refractivity contribution in [1.29, 1.82) is 0 Å². The normalized spacial score (nSPS) is 49.1. The number of aliphatic carboxylic acids is 1. The van der Waals surface area contributed by atoms with Crippen LogP contribution in [0.3, 0.4) is 0 Å².